The fraction of sp³-hybridized carbons (Fsp3) is 0.214. The van der Waals surface area contributed by atoms with Gasteiger partial charge in [0.25, 0.3) is 0 Å². The second-order valence-corrected chi connectivity index (χ2v) is 6.18. The molecular formula is C14H12Cl2N4S. The fourth-order valence-electron chi connectivity index (χ4n) is 1.92. The highest BCUT2D eigenvalue weighted by molar-refractivity contribution is 7.16. The molecule has 0 bridgehead atoms. The topological polar surface area (TPSA) is 50.7 Å². The van der Waals surface area contributed by atoms with Crippen LogP contribution in [0, 0.1) is 0 Å². The van der Waals surface area contributed by atoms with Crippen molar-refractivity contribution in [2.24, 2.45) is 0 Å². The molecule has 0 saturated carbocycles. The van der Waals surface area contributed by atoms with E-state index >= 15 is 0 Å². The third kappa shape index (κ3) is 2.95. The molecule has 0 amide bonds. The van der Waals surface area contributed by atoms with Gasteiger partial charge in [-0.15, -0.1) is 11.3 Å². The predicted octanol–water partition coefficient (Wildman–Crippen LogP) is 4.88. The minimum absolute atomic E-state index is 0.444. The van der Waals surface area contributed by atoms with Crippen molar-refractivity contribution in [3.05, 3.63) is 33.8 Å². The summed E-state index contributed by atoms with van der Waals surface area (Å²) in [4.78, 5) is 14.3. The molecule has 4 nitrogen and oxygen atoms in total. The number of halogens is 2. The molecule has 0 atom stereocenters. The molecule has 0 spiro atoms. The number of rotatable bonds is 4. The van der Waals surface area contributed by atoms with Gasteiger partial charge in [0.15, 0.2) is 5.82 Å². The Balaban J connectivity index is 2.13. The molecule has 3 aromatic rings. The average Bonchev–Trinajstić information content (AvgIpc) is 2.93. The van der Waals surface area contributed by atoms with E-state index in [1.807, 2.05) is 11.4 Å². The standard InChI is InChI=1S/C14H12Cl2N4S/c1-2-4-17-12-9-3-5-21-14(9)20-13(19-12)11-10(16)6-8(15)7-18-11/h3,5-7H,2,4H2,1H3,(H,17,19,20). The van der Waals surface area contributed by atoms with Crippen LogP contribution in [0.25, 0.3) is 21.7 Å². The van der Waals surface area contributed by atoms with Gasteiger partial charge in [0.2, 0.25) is 0 Å². The highest BCUT2D eigenvalue weighted by Crippen LogP contribution is 2.31. The van der Waals surface area contributed by atoms with Crippen molar-refractivity contribution in [1.82, 2.24) is 15.0 Å². The first-order valence-corrected chi connectivity index (χ1v) is 8.13. The van der Waals surface area contributed by atoms with Gasteiger partial charge in [-0.1, -0.05) is 30.1 Å². The van der Waals surface area contributed by atoms with Crippen LogP contribution in [0.4, 0.5) is 5.82 Å². The first-order valence-electron chi connectivity index (χ1n) is 6.49. The van der Waals surface area contributed by atoms with E-state index in [4.69, 9.17) is 23.2 Å². The van der Waals surface area contributed by atoms with E-state index in [-0.39, 0.29) is 0 Å². The van der Waals surface area contributed by atoms with Crippen molar-refractivity contribution in [3.63, 3.8) is 0 Å². The lowest BCUT2D eigenvalue weighted by Gasteiger charge is -2.08. The summed E-state index contributed by atoms with van der Waals surface area (Å²) in [5, 5.41) is 7.27. The summed E-state index contributed by atoms with van der Waals surface area (Å²) in [6.07, 6.45) is 2.56. The summed E-state index contributed by atoms with van der Waals surface area (Å²) in [7, 11) is 0. The highest BCUT2D eigenvalue weighted by atomic mass is 35.5. The maximum absolute atomic E-state index is 6.20. The third-order valence-electron chi connectivity index (χ3n) is 2.89. The molecule has 108 valence electrons. The van der Waals surface area contributed by atoms with Gasteiger partial charge < -0.3 is 5.32 Å². The largest absolute Gasteiger partial charge is 0.369 e. The molecule has 0 fully saturated rings. The molecule has 7 heteroatoms. The molecule has 21 heavy (non-hydrogen) atoms. The highest BCUT2D eigenvalue weighted by Gasteiger charge is 2.14. The summed E-state index contributed by atoms with van der Waals surface area (Å²) >= 11 is 13.7. The molecular weight excluding hydrogens is 327 g/mol. The van der Waals surface area contributed by atoms with E-state index in [9.17, 15) is 0 Å². The van der Waals surface area contributed by atoms with Crippen molar-refractivity contribution in [2.45, 2.75) is 13.3 Å². The SMILES string of the molecule is CCCNc1nc(-c2ncc(Cl)cc2Cl)nc2sccc12. The maximum atomic E-state index is 6.20. The third-order valence-corrected chi connectivity index (χ3v) is 4.19. The molecule has 0 radical (unpaired) electrons. The van der Waals surface area contributed by atoms with E-state index in [1.165, 1.54) is 0 Å². The number of nitrogens with zero attached hydrogens (tertiary/aromatic N) is 3. The first kappa shape index (κ1) is 14.5. The summed E-state index contributed by atoms with van der Waals surface area (Å²) < 4.78 is 0. The van der Waals surface area contributed by atoms with Crippen LogP contribution in [0.3, 0.4) is 0 Å². The summed E-state index contributed by atoms with van der Waals surface area (Å²) in [6, 6.07) is 3.66. The number of nitrogens with one attached hydrogen (secondary N) is 1. The molecule has 0 aliphatic carbocycles. The van der Waals surface area contributed by atoms with Crippen LogP contribution in [0.1, 0.15) is 13.3 Å². The van der Waals surface area contributed by atoms with Gasteiger partial charge >= 0.3 is 0 Å². The summed E-state index contributed by atoms with van der Waals surface area (Å²) in [5.41, 5.74) is 0.538. The first-order chi connectivity index (χ1) is 10.2. The average molecular weight is 339 g/mol. The van der Waals surface area contributed by atoms with Crippen LogP contribution < -0.4 is 5.32 Å². The van der Waals surface area contributed by atoms with E-state index in [0.29, 0.717) is 21.6 Å². The molecule has 0 aromatic carbocycles. The monoisotopic (exact) mass is 338 g/mol. The molecule has 0 unspecified atom stereocenters. The number of fused-ring (bicyclic) bond motifs is 1. The number of thiophene rings is 1. The van der Waals surface area contributed by atoms with Gasteiger partial charge in [0.05, 0.1) is 15.4 Å². The Morgan fingerprint density at radius 1 is 1.29 bits per heavy atom. The summed E-state index contributed by atoms with van der Waals surface area (Å²) in [6.45, 7) is 2.96. The number of anilines is 1. The Morgan fingerprint density at radius 2 is 2.14 bits per heavy atom. The molecule has 0 aliphatic heterocycles. The van der Waals surface area contributed by atoms with E-state index in [2.05, 4.69) is 27.2 Å². The van der Waals surface area contributed by atoms with Gasteiger partial charge in [-0.05, 0) is 23.9 Å². The van der Waals surface area contributed by atoms with Crippen molar-refractivity contribution in [1.29, 1.82) is 0 Å². The van der Waals surface area contributed by atoms with Gasteiger partial charge in [0, 0.05) is 12.7 Å². The minimum Gasteiger partial charge on any atom is -0.369 e. The van der Waals surface area contributed by atoms with Crippen molar-refractivity contribution in [2.75, 3.05) is 11.9 Å². The zero-order valence-corrected chi connectivity index (χ0v) is 13.6. The van der Waals surface area contributed by atoms with Crippen LogP contribution in [-0.2, 0) is 0 Å². The second kappa shape index (κ2) is 6.13. The molecule has 1 N–H and O–H groups in total. The number of aromatic nitrogens is 3. The maximum Gasteiger partial charge on any atom is 0.183 e. The Bertz CT molecular complexity index is 788. The summed E-state index contributed by atoms with van der Waals surface area (Å²) in [5.74, 6) is 1.32. The number of hydrogen-bond donors (Lipinski definition) is 1. The van der Waals surface area contributed by atoms with Crippen molar-refractivity contribution < 1.29 is 0 Å². The lowest BCUT2D eigenvalue weighted by Crippen LogP contribution is -2.04. The smallest absolute Gasteiger partial charge is 0.183 e. The Labute approximate surface area is 136 Å². The lowest BCUT2D eigenvalue weighted by molar-refractivity contribution is 0.970. The predicted molar refractivity (Wildman–Crippen MR) is 89.4 cm³/mol. The minimum atomic E-state index is 0.444. The molecule has 0 saturated heterocycles. The van der Waals surface area contributed by atoms with Gasteiger partial charge in [-0.2, -0.15) is 0 Å². The van der Waals surface area contributed by atoms with Gasteiger partial charge in [-0.3, -0.25) is 0 Å². The Kier molecular flexibility index (Phi) is 4.24. The lowest BCUT2D eigenvalue weighted by atomic mass is 10.3. The second-order valence-electron chi connectivity index (χ2n) is 4.45. The molecule has 3 aromatic heterocycles. The normalized spacial score (nSPS) is 11.0. The van der Waals surface area contributed by atoms with Crippen LogP contribution >= 0.6 is 34.5 Å². The number of pyridine rings is 1. The molecule has 0 aliphatic rings. The van der Waals surface area contributed by atoms with E-state index < -0.39 is 0 Å². The van der Waals surface area contributed by atoms with E-state index in [0.717, 1.165) is 29.0 Å². The van der Waals surface area contributed by atoms with Crippen LogP contribution in [0.15, 0.2) is 23.7 Å². The van der Waals surface area contributed by atoms with Crippen molar-refractivity contribution >= 4 is 50.6 Å². The van der Waals surface area contributed by atoms with Gasteiger partial charge in [-0.25, -0.2) is 15.0 Å². The van der Waals surface area contributed by atoms with Crippen LogP contribution in [0.2, 0.25) is 10.0 Å². The molecule has 3 heterocycles. The Hall–Kier alpha value is -1.43. The quantitative estimate of drug-likeness (QED) is 0.736. The van der Waals surface area contributed by atoms with Gasteiger partial charge in [0.1, 0.15) is 16.3 Å². The number of hydrogen-bond acceptors (Lipinski definition) is 5. The Morgan fingerprint density at radius 3 is 2.90 bits per heavy atom. The van der Waals surface area contributed by atoms with E-state index in [1.54, 1.807) is 23.6 Å². The molecule has 3 rings (SSSR count). The zero-order chi connectivity index (χ0) is 14.8. The van der Waals surface area contributed by atoms with Crippen molar-refractivity contribution in [3.8, 4) is 11.5 Å². The van der Waals surface area contributed by atoms with Crippen LogP contribution in [0.5, 0.6) is 0 Å². The van der Waals surface area contributed by atoms with Crippen LogP contribution in [-0.4, -0.2) is 21.5 Å². The zero-order valence-electron chi connectivity index (χ0n) is 11.2. The fourth-order valence-corrected chi connectivity index (χ4v) is 3.15.